The van der Waals surface area contributed by atoms with Crippen LogP contribution in [0.5, 0.6) is 0 Å². The van der Waals surface area contributed by atoms with E-state index in [-0.39, 0.29) is 5.91 Å². The fraction of sp³-hybridized carbons (Fsp3) is 0.0345. The van der Waals surface area contributed by atoms with Crippen LogP contribution in [-0.4, -0.2) is 15.7 Å². The van der Waals surface area contributed by atoms with E-state index >= 15 is 0 Å². The summed E-state index contributed by atoms with van der Waals surface area (Å²) in [4.78, 5) is 15.6. The highest BCUT2D eigenvalue weighted by molar-refractivity contribution is 6.30. The van der Waals surface area contributed by atoms with Gasteiger partial charge in [0.2, 0.25) is 0 Å². The molecule has 1 aromatic heterocycles. The molecule has 1 N–H and O–H groups in total. The van der Waals surface area contributed by atoms with Crippen LogP contribution in [0.2, 0.25) is 5.02 Å². The molecular formula is C29H21ClN4O. The predicted molar refractivity (Wildman–Crippen MR) is 140 cm³/mol. The van der Waals surface area contributed by atoms with E-state index in [1.165, 1.54) is 0 Å². The summed E-state index contributed by atoms with van der Waals surface area (Å²) < 4.78 is 1.87. The summed E-state index contributed by atoms with van der Waals surface area (Å²) in [6.45, 7) is 0. The van der Waals surface area contributed by atoms with Crippen molar-refractivity contribution in [2.24, 2.45) is 0 Å². The molecule has 1 aliphatic rings. The average molecular weight is 477 g/mol. The van der Waals surface area contributed by atoms with Crippen LogP contribution in [0.3, 0.4) is 0 Å². The normalized spacial score (nSPS) is 14.9. The Morgan fingerprint density at radius 3 is 2.14 bits per heavy atom. The van der Waals surface area contributed by atoms with Gasteiger partial charge in [0.05, 0.1) is 16.9 Å². The number of para-hydroxylation sites is 2. The van der Waals surface area contributed by atoms with Gasteiger partial charge in [0.25, 0.3) is 5.91 Å². The number of nitrogens with one attached hydrogen (secondary N) is 1. The van der Waals surface area contributed by atoms with E-state index in [9.17, 15) is 4.79 Å². The monoisotopic (exact) mass is 476 g/mol. The number of carbonyl (C=O) groups is 1. The fourth-order valence-corrected chi connectivity index (χ4v) is 4.59. The fourth-order valence-electron chi connectivity index (χ4n) is 4.46. The van der Waals surface area contributed by atoms with Crippen molar-refractivity contribution in [3.63, 3.8) is 0 Å². The number of aromatic nitrogens is 2. The summed E-state index contributed by atoms with van der Waals surface area (Å²) >= 11 is 6.17. The molecular weight excluding hydrogens is 456 g/mol. The summed E-state index contributed by atoms with van der Waals surface area (Å²) in [6.07, 6.45) is 1.52. The van der Waals surface area contributed by atoms with Crippen LogP contribution in [-0.2, 0) is 0 Å². The van der Waals surface area contributed by atoms with Crippen molar-refractivity contribution in [1.29, 1.82) is 0 Å². The first-order chi connectivity index (χ1) is 17.2. The Morgan fingerprint density at radius 1 is 0.743 bits per heavy atom. The van der Waals surface area contributed by atoms with Gasteiger partial charge in [0.1, 0.15) is 6.17 Å². The van der Waals surface area contributed by atoms with Crippen molar-refractivity contribution in [2.45, 2.75) is 6.17 Å². The summed E-state index contributed by atoms with van der Waals surface area (Å²) in [6, 6.07) is 34.9. The lowest BCUT2D eigenvalue weighted by molar-refractivity contribution is 0.0975. The average Bonchev–Trinajstić information content (AvgIpc) is 3.36. The van der Waals surface area contributed by atoms with Crippen molar-refractivity contribution in [3.8, 4) is 16.9 Å². The molecule has 6 rings (SSSR count). The van der Waals surface area contributed by atoms with Crippen LogP contribution in [0.25, 0.3) is 16.9 Å². The van der Waals surface area contributed by atoms with Crippen LogP contribution in [0.1, 0.15) is 22.1 Å². The predicted octanol–water partition coefficient (Wildman–Crippen LogP) is 6.96. The van der Waals surface area contributed by atoms with E-state index in [2.05, 4.69) is 5.32 Å². The maximum Gasteiger partial charge on any atom is 0.262 e. The van der Waals surface area contributed by atoms with E-state index in [0.717, 1.165) is 33.9 Å². The van der Waals surface area contributed by atoms with E-state index in [4.69, 9.17) is 16.7 Å². The number of hydrogen-bond acceptors (Lipinski definition) is 3. The van der Waals surface area contributed by atoms with Crippen LogP contribution >= 0.6 is 11.6 Å². The van der Waals surface area contributed by atoms with Crippen LogP contribution in [0.4, 0.5) is 11.4 Å². The van der Waals surface area contributed by atoms with E-state index < -0.39 is 6.17 Å². The topological polar surface area (TPSA) is 50.2 Å². The number of hydrogen-bond donors (Lipinski definition) is 1. The number of nitrogens with zero attached hydrogens (tertiary/aromatic N) is 3. The largest absolute Gasteiger partial charge is 0.360 e. The molecule has 1 aliphatic heterocycles. The smallest absolute Gasteiger partial charge is 0.262 e. The third-order valence-electron chi connectivity index (χ3n) is 6.14. The molecule has 0 radical (unpaired) electrons. The Bertz CT molecular complexity index is 1500. The molecule has 4 aromatic carbocycles. The van der Waals surface area contributed by atoms with Gasteiger partial charge in [0, 0.05) is 33.7 Å². The number of carbonyl (C=O) groups excluding carboxylic acids is 1. The molecule has 0 fully saturated rings. The molecule has 1 unspecified atom stereocenters. The zero-order valence-corrected chi connectivity index (χ0v) is 19.4. The maximum absolute atomic E-state index is 13.8. The zero-order chi connectivity index (χ0) is 23.8. The molecule has 0 bridgehead atoms. The van der Waals surface area contributed by atoms with Gasteiger partial charge in [0.15, 0.2) is 0 Å². The van der Waals surface area contributed by atoms with Gasteiger partial charge in [-0.15, -0.1) is 0 Å². The summed E-state index contributed by atoms with van der Waals surface area (Å²) in [5.41, 5.74) is 5.77. The van der Waals surface area contributed by atoms with Crippen LogP contribution in [0, 0.1) is 0 Å². The van der Waals surface area contributed by atoms with Gasteiger partial charge in [-0.05, 0) is 48.5 Å². The first-order valence-electron chi connectivity index (χ1n) is 11.3. The number of halogens is 1. The van der Waals surface area contributed by atoms with Crippen molar-refractivity contribution in [2.75, 3.05) is 10.2 Å². The summed E-state index contributed by atoms with van der Waals surface area (Å²) in [5.74, 6) is -0.0851. The highest BCUT2D eigenvalue weighted by Crippen LogP contribution is 2.40. The molecule has 35 heavy (non-hydrogen) atoms. The summed E-state index contributed by atoms with van der Waals surface area (Å²) in [7, 11) is 0. The third-order valence-corrected chi connectivity index (χ3v) is 6.39. The third kappa shape index (κ3) is 3.86. The Hall–Kier alpha value is -4.35. The van der Waals surface area contributed by atoms with Gasteiger partial charge < -0.3 is 5.32 Å². The van der Waals surface area contributed by atoms with Crippen LogP contribution in [0.15, 0.2) is 115 Å². The molecule has 5 aromatic rings. The minimum absolute atomic E-state index is 0.0851. The van der Waals surface area contributed by atoms with E-state index in [1.807, 2.05) is 108 Å². The number of anilines is 2. The quantitative estimate of drug-likeness (QED) is 0.305. The number of rotatable bonds is 4. The Kier molecular flexibility index (Phi) is 5.32. The Morgan fingerprint density at radius 2 is 1.40 bits per heavy atom. The molecule has 170 valence electrons. The molecule has 2 heterocycles. The lowest BCUT2D eigenvalue weighted by Crippen LogP contribution is -2.43. The standard InChI is InChI=1S/C29H21ClN4O/c30-21-15-17-23(18-16-21)34-28(31-26-14-8-7-13-24(26)29(34)35)25-19-33(22-11-5-2-6-12-22)32-27(25)20-9-3-1-4-10-20/h1-19,28,31H. The Labute approximate surface area is 208 Å². The second-order valence-corrected chi connectivity index (χ2v) is 8.76. The zero-order valence-electron chi connectivity index (χ0n) is 18.7. The minimum atomic E-state index is -0.480. The SMILES string of the molecule is O=C1c2ccccc2NC(c2cn(-c3ccccc3)nc2-c2ccccc2)N1c1ccc(Cl)cc1. The van der Waals surface area contributed by atoms with Gasteiger partial charge in [-0.1, -0.05) is 72.3 Å². The van der Waals surface area contributed by atoms with Gasteiger partial charge in [-0.25, -0.2) is 4.68 Å². The van der Waals surface area contributed by atoms with E-state index in [1.54, 1.807) is 17.0 Å². The van der Waals surface area contributed by atoms with Gasteiger partial charge >= 0.3 is 0 Å². The number of benzene rings is 4. The molecule has 0 saturated carbocycles. The molecule has 0 spiro atoms. The lowest BCUT2D eigenvalue weighted by Gasteiger charge is -2.38. The summed E-state index contributed by atoms with van der Waals surface area (Å²) in [5, 5.41) is 9.18. The molecule has 1 amide bonds. The highest BCUT2D eigenvalue weighted by Gasteiger charge is 2.36. The highest BCUT2D eigenvalue weighted by atomic mass is 35.5. The van der Waals surface area contributed by atoms with Crippen LogP contribution < -0.4 is 10.2 Å². The van der Waals surface area contributed by atoms with Gasteiger partial charge in [-0.2, -0.15) is 5.10 Å². The van der Waals surface area contributed by atoms with Crippen molar-refractivity contribution in [1.82, 2.24) is 9.78 Å². The first-order valence-corrected chi connectivity index (χ1v) is 11.7. The lowest BCUT2D eigenvalue weighted by atomic mass is 10.0. The second-order valence-electron chi connectivity index (χ2n) is 8.32. The first kappa shape index (κ1) is 21.2. The van der Waals surface area contributed by atoms with E-state index in [0.29, 0.717) is 10.6 Å². The molecule has 6 heteroatoms. The number of fused-ring (bicyclic) bond motifs is 1. The minimum Gasteiger partial charge on any atom is -0.360 e. The second kappa shape index (κ2) is 8.78. The Balaban J connectivity index is 1.56. The molecule has 1 atom stereocenters. The molecule has 0 saturated heterocycles. The molecule has 0 aliphatic carbocycles. The molecule has 5 nitrogen and oxygen atoms in total. The van der Waals surface area contributed by atoms with Crippen molar-refractivity contribution < 1.29 is 4.79 Å². The maximum atomic E-state index is 13.8. The van der Waals surface area contributed by atoms with Crippen molar-refractivity contribution >= 4 is 28.9 Å². The van der Waals surface area contributed by atoms with Gasteiger partial charge in [-0.3, -0.25) is 9.69 Å². The number of amides is 1. The van der Waals surface area contributed by atoms with Crippen molar-refractivity contribution in [3.05, 3.63) is 132 Å².